The molecule has 0 aliphatic rings. The smallest absolute Gasteiger partial charge is 0.330 e. The van der Waals surface area contributed by atoms with Crippen molar-refractivity contribution in [1.29, 1.82) is 0 Å². The molecule has 0 saturated heterocycles. The number of alkyl halides is 4. The first-order valence-electron chi connectivity index (χ1n) is 5.87. The summed E-state index contributed by atoms with van der Waals surface area (Å²) in [5.74, 6) is -4.58. The zero-order chi connectivity index (χ0) is 15.2. The zero-order valence-corrected chi connectivity index (χ0v) is 10.7. The van der Waals surface area contributed by atoms with Crippen molar-refractivity contribution in [2.45, 2.75) is 19.3 Å². The highest BCUT2D eigenvalue weighted by atomic mass is 19.3. The van der Waals surface area contributed by atoms with Gasteiger partial charge in [-0.05, 0) is 19.1 Å². The molecule has 1 aromatic carbocycles. The first kappa shape index (κ1) is 16.4. The number of carbonyl (C=O) groups is 1. The van der Waals surface area contributed by atoms with Crippen LogP contribution in [0.1, 0.15) is 17.3 Å². The maximum Gasteiger partial charge on any atom is 0.330 e. The Labute approximate surface area is 113 Å². The van der Waals surface area contributed by atoms with Gasteiger partial charge in [-0.25, -0.2) is 8.78 Å². The summed E-state index contributed by atoms with van der Waals surface area (Å²) >= 11 is 0. The van der Waals surface area contributed by atoms with Crippen LogP contribution in [0.5, 0.6) is 5.75 Å². The highest BCUT2D eigenvalue weighted by Gasteiger charge is 2.41. The normalized spacial score (nSPS) is 11.7. The van der Waals surface area contributed by atoms with Crippen molar-refractivity contribution >= 4 is 5.78 Å². The SMILES string of the molecule is CCOc1ccccc1C(=O)COCC(F)(F)C(F)F. The molecule has 112 valence electrons. The fourth-order valence-corrected chi connectivity index (χ4v) is 1.40. The Morgan fingerprint density at radius 3 is 2.55 bits per heavy atom. The summed E-state index contributed by atoms with van der Waals surface area (Å²) in [6.07, 6.45) is -3.83. The van der Waals surface area contributed by atoms with Gasteiger partial charge in [0, 0.05) is 0 Å². The van der Waals surface area contributed by atoms with Gasteiger partial charge in [-0.3, -0.25) is 4.79 Å². The van der Waals surface area contributed by atoms with E-state index in [1.54, 1.807) is 25.1 Å². The van der Waals surface area contributed by atoms with Crippen LogP contribution in [0, 0.1) is 0 Å². The van der Waals surface area contributed by atoms with Crippen molar-refractivity contribution in [2.75, 3.05) is 19.8 Å². The second-order valence-corrected chi connectivity index (χ2v) is 3.91. The van der Waals surface area contributed by atoms with E-state index < -0.39 is 31.3 Å². The van der Waals surface area contributed by atoms with Gasteiger partial charge in [0.05, 0.1) is 12.2 Å². The molecule has 0 spiro atoms. The molecule has 1 aromatic rings. The third kappa shape index (κ3) is 4.48. The first-order valence-corrected chi connectivity index (χ1v) is 5.87. The van der Waals surface area contributed by atoms with E-state index in [1.807, 2.05) is 0 Å². The van der Waals surface area contributed by atoms with Crippen LogP contribution in [-0.4, -0.2) is 38.0 Å². The minimum Gasteiger partial charge on any atom is -0.493 e. The minimum absolute atomic E-state index is 0.162. The molecular formula is C13H14F4O3. The molecule has 0 amide bonds. The summed E-state index contributed by atoms with van der Waals surface area (Å²) in [6.45, 7) is -0.171. The van der Waals surface area contributed by atoms with Crippen LogP contribution < -0.4 is 4.74 Å². The molecule has 0 aliphatic heterocycles. The van der Waals surface area contributed by atoms with Crippen molar-refractivity contribution in [3.05, 3.63) is 29.8 Å². The molecule has 0 fully saturated rings. The van der Waals surface area contributed by atoms with Gasteiger partial charge in [0.1, 0.15) is 19.0 Å². The van der Waals surface area contributed by atoms with Crippen LogP contribution in [0.2, 0.25) is 0 Å². The van der Waals surface area contributed by atoms with E-state index in [1.165, 1.54) is 6.07 Å². The lowest BCUT2D eigenvalue weighted by Gasteiger charge is -2.15. The fourth-order valence-electron chi connectivity index (χ4n) is 1.40. The van der Waals surface area contributed by atoms with Crippen molar-refractivity contribution in [1.82, 2.24) is 0 Å². The lowest BCUT2D eigenvalue weighted by molar-refractivity contribution is -0.163. The predicted octanol–water partition coefficient (Wildman–Crippen LogP) is 3.19. The van der Waals surface area contributed by atoms with E-state index >= 15 is 0 Å². The molecule has 0 unspecified atom stereocenters. The Balaban J connectivity index is 2.60. The zero-order valence-electron chi connectivity index (χ0n) is 10.7. The van der Waals surface area contributed by atoms with Crippen molar-refractivity contribution in [3.8, 4) is 5.75 Å². The topological polar surface area (TPSA) is 35.5 Å². The fraction of sp³-hybridized carbons (Fsp3) is 0.462. The molecule has 20 heavy (non-hydrogen) atoms. The molecule has 0 aromatic heterocycles. The third-order valence-corrected chi connectivity index (χ3v) is 2.33. The highest BCUT2D eigenvalue weighted by molar-refractivity contribution is 5.99. The van der Waals surface area contributed by atoms with Gasteiger partial charge >= 0.3 is 12.3 Å². The van der Waals surface area contributed by atoms with Gasteiger partial charge in [0.15, 0.2) is 5.78 Å². The summed E-state index contributed by atoms with van der Waals surface area (Å²) in [5, 5.41) is 0. The van der Waals surface area contributed by atoms with Gasteiger partial charge < -0.3 is 9.47 Å². The number of rotatable bonds is 8. The molecule has 3 nitrogen and oxygen atoms in total. The number of ether oxygens (including phenoxy) is 2. The second kappa shape index (κ2) is 7.23. The summed E-state index contributed by atoms with van der Waals surface area (Å²) in [4.78, 5) is 11.8. The van der Waals surface area contributed by atoms with Crippen LogP contribution in [0.3, 0.4) is 0 Å². The van der Waals surface area contributed by atoms with Crippen LogP contribution >= 0.6 is 0 Å². The molecule has 0 aliphatic carbocycles. The number of hydrogen-bond donors (Lipinski definition) is 0. The monoisotopic (exact) mass is 294 g/mol. The average Bonchev–Trinajstić information content (AvgIpc) is 2.39. The van der Waals surface area contributed by atoms with Gasteiger partial charge in [0.25, 0.3) is 0 Å². The summed E-state index contributed by atoms with van der Waals surface area (Å²) in [5.41, 5.74) is 0.162. The largest absolute Gasteiger partial charge is 0.493 e. The van der Waals surface area contributed by atoms with Crippen molar-refractivity contribution in [3.63, 3.8) is 0 Å². The second-order valence-electron chi connectivity index (χ2n) is 3.91. The third-order valence-electron chi connectivity index (χ3n) is 2.33. The Bertz CT molecular complexity index is 449. The number of ketones is 1. The number of carbonyl (C=O) groups excluding carboxylic acids is 1. The molecule has 0 N–H and O–H groups in total. The molecular weight excluding hydrogens is 280 g/mol. The number of hydrogen-bond acceptors (Lipinski definition) is 3. The van der Waals surface area contributed by atoms with Gasteiger partial charge in [-0.2, -0.15) is 8.78 Å². The lowest BCUT2D eigenvalue weighted by Crippen LogP contribution is -2.33. The highest BCUT2D eigenvalue weighted by Crippen LogP contribution is 2.23. The maximum atomic E-state index is 12.6. The quantitative estimate of drug-likeness (QED) is 0.545. The molecule has 7 heteroatoms. The molecule has 0 atom stereocenters. The van der Waals surface area contributed by atoms with Gasteiger partial charge in [-0.15, -0.1) is 0 Å². The number of benzene rings is 1. The summed E-state index contributed by atoms with van der Waals surface area (Å²) in [7, 11) is 0. The van der Waals surface area contributed by atoms with Crippen LogP contribution in [-0.2, 0) is 4.74 Å². The van der Waals surface area contributed by atoms with Gasteiger partial charge in [-0.1, -0.05) is 12.1 Å². The predicted molar refractivity (Wildman–Crippen MR) is 63.7 cm³/mol. The Hall–Kier alpha value is -1.63. The molecule has 0 saturated carbocycles. The number of para-hydroxylation sites is 1. The van der Waals surface area contributed by atoms with E-state index in [4.69, 9.17) is 4.74 Å². The van der Waals surface area contributed by atoms with E-state index in [9.17, 15) is 22.4 Å². The number of halogens is 4. The van der Waals surface area contributed by atoms with Crippen molar-refractivity contribution < 1.29 is 31.8 Å². The van der Waals surface area contributed by atoms with E-state index in [0.29, 0.717) is 12.4 Å². The first-order chi connectivity index (χ1) is 9.38. The standard InChI is InChI=1S/C13H14F4O3/c1-2-20-11-6-4-3-5-9(11)10(18)7-19-8-13(16,17)12(14)15/h3-6,12H,2,7-8H2,1H3. The van der Waals surface area contributed by atoms with E-state index in [2.05, 4.69) is 4.74 Å². The van der Waals surface area contributed by atoms with Crippen LogP contribution in [0.15, 0.2) is 24.3 Å². The summed E-state index contributed by atoms with van der Waals surface area (Å²) < 4.78 is 58.5. The van der Waals surface area contributed by atoms with E-state index in [-0.39, 0.29) is 5.56 Å². The molecule has 0 bridgehead atoms. The molecule has 0 radical (unpaired) electrons. The number of Topliss-reactive ketones (excluding diaryl/α,β-unsaturated/α-hetero) is 1. The van der Waals surface area contributed by atoms with Crippen molar-refractivity contribution in [2.24, 2.45) is 0 Å². The molecule has 0 heterocycles. The van der Waals surface area contributed by atoms with Crippen LogP contribution in [0.25, 0.3) is 0 Å². The maximum absolute atomic E-state index is 12.6. The minimum atomic E-state index is -4.26. The Morgan fingerprint density at radius 2 is 1.95 bits per heavy atom. The van der Waals surface area contributed by atoms with Gasteiger partial charge in [0.2, 0.25) is 0 Å². The van der Waals surface area contributed by atoms with Crippen LogP contribution in [0.4, 0.5) is 17.6 Å². The average molecular weight is 294 g/mol. The molecule has 1 rings (SSSR count). The Kier molecular flexibility index (Phi) is 5.94. The van der Waals surface area contributed by atoms with E-state index in [0.717, 1.165) is 0 Å². The lowest BCUT2D eigenvalue weighted by atomic mass is 10.1. The summed E-state index contributed by atoms with van der Waals surface area (Å²) in [6, 6.07) is 6.21. The Morgan fingerprint density at radius 1 is 1.30 bits per heavy atom.